The van der Waals surface area contributed by atoms with Crippen LogP contribution in [0.5, 0.6) is 0 Å². The van der Waals surface area contributed by atoms with Gasteiger partial charge in [-0.25, -0.2) is 9.97 Å². The van der Waals surface area contributed by atoms with Crippen LogP contribution in [0.25, 0.3) is 93.8 Å². The van der Waals surface area contributed by atoms with Crippen molar-refractivity contribution in [3.8, 4) is 28.3 Å². The molecule has 3 heterocycles. The lowest BCUT2D eigenvalue weighted by molar-refractivity contribution is 0.669. The van der Waals surface area contributed by atoms with Crippen molar-refractivity contribution in [2.75, 3.05) is 0 Å². The molecule has 0 atom stereocenters. The smallest absolute Gasteiger partial charge is 0.235 e. The molecule has 4 heteroatoms. The van der Waals surface area contributed by atoms with Crippen LogP contribution in [-0.4, -0.2) is 14.5 Å². The van der Waals surface area contributed by atoms with Gasteiger partial charge in [0.25, 0.3) is 0 Å². The normalized spacial score (nSPS) is 11.9. The van der Waals surface area contributed by atoms with Gasteiger partial charge in [-0.15, -0.1) is 0 Å². The van der Waals surface area contributed by atoms with Crippen LogP contribution in [0.3, 0.4) is 0 Å². The summed E-state index contributed by atoms with van der Waals surface area (Å²) < 4.78 is 8.39. The van der Waals surface area contributed by atoms with Crippen molar-refractivity contribution < 1.29 is 4.42 Å². The average molecular weight is 588 g/mol. The van der Waals surface area contributed by atoms with Crippen LogP contribution in [0, 0.1) is 0 Å². The first-order valence-corrected chi connectivity index (χ1v) is 15.5. The third-order valence-electron chi connectivity index (χ3n) is 9.21. The number of rotatable bonds is 3. The Morgan fingerprint density at radius 2 is 1.20 bits per heavy atom. The summed E-state index contributed by atoms with van der Waals surface area (Å²) >= 11 is 0. The van der Waals surface area contributed by atoms with Gasteiger partial charge in [-0.1, -0.05) is 115 Å². The van der Waals surface area contributed by atoms with Gasteiger partial charge in [0.2, 0.25) is 5.95 Å². The van der Waals surface area contributed by atoms with Crippen LogP contribution >= 0.6 is 0 Å². The van der Waals surface area contributed by atoms with E-state index in [1.54, 1.807) is 0 Å². The molecule has 214 valence electrons. The molecule has 10 rings (SSSR count). The van der Waals surface area contributed by atoms with Crippen molar-refractivity contribution in [1.82, 2.24) is 14.5 Å². The maximum absolute atomic E-state index is 6.16. The van der Waals surface area contributed by atoms with E-state index in [9.17, 15) is 0 Å². The van der Waals surface area contributed by atoms with E-state index >= 15 is 0 Å². The van der Waals surface area contributed by atoms with E-state index in [0.717, 1.165) is 82.4 Å². The van der Waals surface area contributed by atoms with Gasteiger partial charge in [0.1, 0.15) is 11.2 Å². The molecule has 0 unspecified atom stereocenters. The predicted molar refractivity (Wildman–Crippen MR) is 190 cm³/mol. The Bertz CT molecular complexity index is 2810. The van der Waals surface area contributed by atoms with Crippen LogP contribution in [0.15, 0.2) is 156 Å². The number of hydrogen-bond donors (Lipinski definition) is 0. The summed E-state index contributed by atoms with van der Waals surface area (Å²) in [7, 11) is 0. The summed E-state index contributed by atoms with van der Waals surface area (Å²) in [6, 6.07) is 53.1. The fourth-order valence-electron chi connectivity index (χ4n) is 7.14. The molecule has 0 aliphatic carbocycles. The van der Waals surface area contributed by atoms with Gasteiger partial charge in [0.05, 0.1) is 22.2 Å². The van der Waals surface area contributed by atoms with Gasteiger partial charge in [-0.2, -0.15) is 0 Å². The van der Waals surface area contributed by atoms with Gasteiger partial charge in [0.15, 0.2) is 0 Å². The van der Waals surface area contributed by atoms with E-state index in [-0.39, 0.29) is 0 Å². The minimum atomic E-state index is 0.655. The maximum Gasteiger partial charge on any atom is 0.235 e. The molecule has 10 aromatic rings. The van der Waals surface area contributed by atoms with E-state index in [1.807, 2.05) is 18.2 Å². The summed E-state index contributed by atoms with van der Waals surface area (Å²) in [5.74, 6) is 0.655. The molecular formula is C42H25N3O. The van der Waals surface area contributed by atoms with Crippen LogP contribution < -0.4 is 0 Å². The second kappa shape index (κ2) is 9.62. The Morgan fingerprint density at radius 1 is 0.457 bits per heavy atom. The van der Waals surface area contributed by atoms with Gasteiger partial charge < -0.3 is 4.42 Å². The number of fused-ring (bicyclic) bond motifs is 9. The summed E-state index contributed by atoms with van der Waals surface area (Å²) in [5.41, 5.74) is 9.16. The summed E-state index contributed by atoms with van der Waals surface area (Å²) in [5, 5.41) is 7.88. The van der Waals surface area contributed by atoms with Crippen LogP contribution in [0.4, 0.5) is 0 Å². The van der Waals surface area contributed by atoms with Crippen molar-refractivity contribution in [2.45, 2.75) is 0 Å². The third kappa shape index (κ3) is 3.61. The lowest BCUT2D eigenvalue weighted by atomic mass is 9.98. The van der Waals surface area contributed by atoms with Crippen molar-refractivity contribution >= 4 is 65.4 Å². The highest BCUT2D eigenvalue weighted by molar-refractivity contribution is 6.17. The number of aromatic nitrogens is 3. The molecule has 0 fully saturated rings. The first-order chi connectivity index (χ1) is 22.8. The Hall–Kier alpha value is -6.26. The Labute approximate surface area is 263 Å². The zero-order chi connectivity index (χ0) is 30.2. The van der Waals surface area contributed by atoms with Crippen molar-refractivity contribution in [2.24, 2.45) is 0 Å². The standard InChI is InChI=1S/C42H25N3O/c1-2-12-27(13-3-1)40-33-23-21-26-11-4-5-14-30(26)41(33)44-42(43-40)45-35-18-8-6-16-32(35)39-29(17-10-19-36(39)45)28-22-24-38-34(25-28)31-15-7-9-20-37(31)46-38/h1-25H. The van der Waals surface area contributed by atoms with Crippen molar-refractivity contribution in [3.63, 3.8) is 0 Å². The first-order valence-electron chi connectivity index (χ1n) is 15.5. The number of nitrogens with zero attached hydrogens (tertiary/aromatic N) is 3. The van der Waals surface area contributed by atoms with Gasteiger partial charge in [-0.3, -0.25) is 4.57 Å². The third-order valence-corrected chi connectivity index (χ3v) is 9.21. The molecule has 0 saturated heterocycles. The number of furan rings is 1. The van der Waals surface area contributed by atoms with E-state index in [1.165, 1.54) is 5.39 Å². The van der Waals surface area contributed by atoms with E-state index < -0.39 is 0 Å². The highest BCUT2D eigenvalue weighted by atomic mass is 16.3. The maximum atomic E-state index is 6.16. The quantitative estimate of drug-likeness (QED) is 0.193. The SMILES string of the molecule is c1ccc(-c2nc(-n3c4ccccc4c4c(-c5ccc6oc7ccccc7c6c5)cccc43)nc3c2ccc2ccccc23)cc1. The molecule has 7 aromatic carbocycles. The molecule has 0 amide bonds. The van der Waals surface area contributed by atoms with E-state index in [2.05, 4.69) is 138 Å². The lowest BCUT2D eigenvalue weighted by Crippen LogP contribution is -2.03. The Balaban J connectivity index is 1.30. The lowest BCUT2D eigenvalue weighted by Gasteiger charge is -2.13. The van der Waals surface area contributed by atoms with E-state index in [4.69, 9.17) is 14.4 Å². The van der Waals surface area contributed by atoms with Gasteiger partial charge in [-0.05, 0) is 52.9 Å². The van der Waals surface area contributed by atoms with Crippen LogP contribution in [-0.2, 0) is 0 Å². The minimum absolute atomic E-state index is 0.655. The second-order valence-corrected chi connectivity index (χ2v) is 11.8. The predicted octanol–water partition coefficient (Wildman–Crippen LogP) is 11.1. The zero-order valence-corrected chi connectivity index (χ0v) is 24.7. The topological polar surface area (TPSA) is 43.9 Å². The summed E-state index contributed by atoms with van der Waals surface area (Å²) in [6.45, 7) is 0. The highest BCUT2D eigenvalue weighted by Gasteiger charge is 2.20. The monoisotopic (exact) mass is 587 g/mol. The molecule has 0 saturated carbocycles. The molecule has 0 N–H and O–H groups in total. The fourth-order valence-corrected chi connectivity index (χ4v) is 7.14. The molecule has 0 aliphatic rings. The average Bonchev–Trinajstić information content (AvgIpc) is 3.67. The molecule has 0 radical (unpaired) electrons. The first kappa shape index (κ1) is 25.1. The van der Waals surface area contributed by atoms with Crippen LogP contribution in [0.1, 0.15) is 0 Å². The number of benzene rings is 7. The van der Waals surface area contributed by atoms with Gasteiger partial charge in [0, 0.05) is 37.9 Å². The molecular weight excluding hydrogens is 562 g/mol. The largest absolute Gasteiger partial charge is 0.456 e. The molecule has 4 nitrogen and oxygen atoms in total. The Kier molecular flexibility index (Phi) is 5.25. The molecule has 0 spiro atoms. The number of hydrogen-bond acceptors (Lipinski definition) is 3. The Morgan fingerprint density at radius 3 is 2.11 bits per heavy atom. The fraction of sp³-hybridized carbons (Fsp3) is 0. The summed E-state index contributed by atoms with van der Waals surface area (Å²) in [6.07, 6.45) is 0. The number of para-hydroxylation sites is 2. The van der Waals surface area contributed by atoms with Crippen molar-refractivity contribution in [1.29, 1.82) is 0 Å². The summed E-state index contributed by atoms with van der Waals surface area (Å²) in [4.78, 5) is 10.7. The minimum Gasteiger partial charge on any atom is -0.456 e. The zero-order valence-electron chi connectivity index (χ0n) is 24.7. The molecule has 0 bridgehead atoms. The highest BCUT2D eigenvalue weighted by Crippen LogP contribution is 2.41. The van der Waals surface area contributed by atoms with E-state index in [0.29, 0.717) is 5.95 Å². The molecule has 46 heavy (non-hydrogen) atoms. The van der Waals surface area contributed by atoms with Crippen molar-refractivity contribution in [3.05, 3.63) is 152 Å². The molecule has 3 aromatic heterocycles. The van der Waals surface area contributed by atoms with Gasteiger partial charge >= 0.3 is 0 Å². The van der Waals surface area contributed by atoms with Crippen LogP contribution in [0.2, 0.25) is 0 Å². The molecule has 0 aliphatic heterocycles. The second-order valence-electron chi connectivity index (χ2n) is 11.8.